The van der Waals surface area contributed by atoms with E-state index < -0.39 is 0 Å². The first kappa shape index (κ1) is 12.1. The molecule has 5 heteroatoms. The number of nitrogens with one attached hydrogen (secondary N) is 2. The van der Waals surface area contributed by atoms with Gasteiger partial charge < -0.3 is 10.6 Å². The molecular weight excluding hydrogens is 216 g/mol. The first-order chi connectivity index (χ1) is 8.01. The van der Waals surface area contributed by atoms with Crippen molar-refractivity contribution in [3.63, 3.8) is 0 Å². The van der Waals surface area contributed by atoms with Gasteiger partial charge in [0, 0.05) is 24.2 Å². The van der Waals surface area contributed by atoms with Crippen LogP contribution in [0.15, 0.2) is 6.07 Å². The number of aryl methyl sites for hydroxylation is 2. The quantitative estimate of drug-likeness (QED) is 0.807. The van der Waals surface area contributed by atoms with Crippen LogP contribution in [-0.4, -0.2) is 28.8 Å². The van der Waals surface area contributed by atoms with Crippen molar-refractivity contribution in [2.45, 2.75) is 26.7 Å². The molecule has 17 heavy (non-hydrogen) atoms. The van der Waals surface area contributed by atoms with E-state index in [1.807, 2.05) is 27.0 Å². The number of anilines is 1. The Morgan fingerprint density at radius 2 is 2.18 bits per heavy atom. The summed E-state index contributed by atoms with van der Waals surface area (Å²) in [6.45, 7) is 5.81. The molecule has 0 aromatic carbocycles. The molecule has 0 radical (unpaired) electrons. The molecular formula is C12H20N4O. The average Bonchev–Trinajstić information content (AvgIpc) is 2.59. The molecule has 0 aliphatic carbocycles. The van der Waals surface area contributed by atoms with E-state index in [1.165, 1.54) is 0 Å². The maximum Gasteiger partial charge on any atom is 0.231 e. The number of hydrogen-bond acceptors (Lipinski definition) is 3. The van der Waals surface area contributed by atoms with Gasteiger partial charge in [-0.05, 0) is 32.9 Å². The average molecular weight is 236 g/mol. The number of carbonyl (C=O) groups is 1. The zero-order chi connectivity index (χ0) is 12.5. The fraction of sp³-hybridized carbons (Fsp3) is 0.667. The molecule has 2 N–H and O–H groups in total. The van der Waals surface area contributed by atoms with Gasteiger partial charge in [-0.3, -0.25) is 9.48 Å². The highest BCUT2D eigenvalue weighted by atomic mass is 16.2. The number of piperidine rings is 1. The highest BCUT2D eigenvalue weighted by molar-refractivity contribution is 5.94. The Balaban J connectivity index is 2.05. The number of carbonyl (C=O) groups excluding carboxylic acids is 1. The zero-order valence-electron chi connectivity index (χ0n) is 10.7. The molecule has 2 heterocycles. The van der Waals surface area contributed by atoms with Crippen molar-refractivity contribution in [2.24, 2.45) is 12.5 Å². The minimum atomic E-state index is -0.267. The Kier molecular flexibility index (Phi) is 3.19. The molecule has 5 nitrogen and oxygen atoms in total. The smallest absolute Gasteiger partial charge is 0.231 e. The van der Waals surface area contributed by atoms with Gasteiger partial charge in [0.05, 0.1) is 0 Å². The van der Waals surface area contributed by atoms with E-state index in [4.69, 9.17) is 0 Å². The summed E-state index contributed by atoms with van der Waals surface area (Å²) >= 11 is 0. The van der Waals surface area contributed by atoms with E-state index in [9.17, 15) is 4.79 Å². The molecule has 0 unspecified atom stereocenters. The summed E-state index contributed by atoms with van der Waals surface area (Å²) in [5, 5.41) is 10.4. The van der Waals surface area contributed by atoms with Gasteiger partial charge in [-0.1, -0.05) is 6.92 Å². The number of nitrogens with zero attached hydrogens (tertiary/aromatic N) is 2. The largest absolute Gasteiger partial charge is 0.317 e. The SMILES string of the molecule is Cc1cc(NC(=O)C2(C)CCNCC2)nn1C. The normalized spacial score (nSPS) is 19.0. The van der Waals surface area contributed by atoms with Crippen LogP contribution < -0.4 is 10.6 Å². The van der Waals surface area contributed by atoms with Crippen LogP contribution in [0.25, 0.3) is 0 Å². The van der Waals surface area contributed by atoms with Crippen molar-refractivity contribution >= 4 is 11.7 Å². The predicted octanol–water partition coefficient (Wildman–Crippen LogP) is 1.06. The van der Waals surface area contributed by atoms with Gasteiger partial charge in [-0.25, -0.2) is 0 Å². The van der Waals surface area contributed by atoms with Crippen molar-refractivity contribution in [3.05, 3.63) is 11.8 Å². The second kappa shape index (κ2) is 4.49. The lowest BCUT2D eigenvalue weighted by Gasteiger charge is -2.32. The molecule has 1 aliphatic rings. The van der Waals surface area contributed by atoms with E-state index in [-0.39, 0.29) is 11.3 Å². The van der Waals surface area contributed by atoms with Crippen LogP contribution in [-0.2, 0) is 11.8 Å². The van der Waals surface area contributed by atoms with E-state index >= 15 is 0 Å². The maximum absolute atomic E-state index is 12.2. The maximum atomic E-state index is 12.2. The second-order valence-corrected chi connectivity index (χ2v) is 5.06. The topological polar surface area (TPSA) is 59.0 Å². The summed E-state index contributed by atoms with van der Waals surface area (Å²) in [7, 11) is 1.87. The lowest BCUT2D eigenvalue weighted by Crippen LogP contribution is -2.42. The molecule has 1 aliphatic heterocycles. The van der Waals surface area contributed by atoms with Crippen LogP contribution in [0.5, 0.6) is 0 Å². The summed E-state index contributed by atoms with van der Waals surface area (Å²) < 4.78 is 1.76. The Labute approximate surface area is 102 Å². The van der Waals surface area contributed by atoms with Crippen molar-refractivity contribution in [3.8, 4) is 0 Å². The Morgan fingerprint density at radius 1 is 1.53 bits per heavy atom. The van der Waals surface area contributed by atoms with Gasteiger partial charge in [-0.15, -0.1) is 0 Å². The summed E-state index contributed by atoms with van der Waals surface area (Å²) in [6, 6.07) is 1.89. The molecule has 2 rings (SSSR count). The molecule has 1 fully saturated rings. The lowest BCUT2D eigenvalue weighted by molar-refractivity contribution is -0.126. The number of hydrogen-bond donors (Lipinski definition) is 2. The summed E-state index contributed by atoms with van der Waals surface area (Å²) in [4.78, 5) is 12.2. The highest BCUT2D eigenvalue weighted by Crippen LogP contribution is 2.29. The third-order valence-electron chi connectivity index (χ3n) is 3.61. The molecule has 94 valence electrons. The molecule has 0 bridgehead atoms. The first-order valence-electron chi connectivity index (χ1n) is 6.04. The van der Waals surface area contributed by atoms with Gasteiger partial charge in [0.15, 0.2) is 5.82 Å². The first-order valence-corrected chi connectivity index (χ1v) is 6.04. The van der Waals surface area contributed by atoms with Crippen LogP contribution in [0.3, 0.4) is 0 Å². The zero-order valence-corrected chi connectivity index (χ0v) is 10.7. The molecule has 1 aromatic heterocycles. The molecule has 1 aromatic rings. The van der Waals surface area contributed by atoms with Crippen LogP contribution in [0.1, 0.15) is 25.5 Å². The van der Waals surface area contributed by atoms with Crippen molar-refractivity contribution in [1.29, 1.82) is 0 Å². The summed E-state index contributed by atoms with van der Waals surface area (Å²) in [5.74, 6) is 0.729. The van der Waals surface area contributed by atoms with Gasteiger partial charge in [0.1, 0.15) is 0 Å². The van der Waals surface area contributed by atoms with Crippen LogP contribution in [0.2, 0.25) is 0 Å². The minimum Gasteiger partial charge on any atom is -0.317 e. The van der Waals surface area contributed by atoms with Gasteiger partial charge in [-0.2, -0.15) is 5.10 Å². The minimum absolute atomic E-state index is 0.0806. The molecule has 1 amide bonds. The van der Waals surface area contributed by atoms with Crippen molar-refractivity contribution in [2.75, 3.05) is 18.4 Å². The molecule has 0 atom stereocenters. The number of amides is 1. The number of aromatic nitrogens is 2. The van der Waals surface area contributed by atoms with Crippen molar-refractivity contribution in [1.82, 2.24) is 15.1 Å². The van der Waals surface area contributed by atoms with E-state index in [2.05, 4.69) is 15.7 Å². The van der Waals surface area contributed by atoms with E-state index in [0.29, 0.717) is 5.82 Å². The lowest BCUT2D eigenvalue weighted by atomic mass is 9.80. The Bertz CT molecular complexity index is 399. The van der Waals surface area contributed by atoms with Gasteiger partial charge >= 0.3 is 0 Å². The summed E-state index contributed by atoms with van der Waals surface area (Å²) in [6.07, 6.45) is 1.76. The second-order valence-electron chi connectivity index (χ2n) is 5.06. The van der Waals surface area contributed by atoms with Gasteiger partial charge in [0.25, 0.3) is 0 Å². The molecule has 0 saturated carbocycles. The van der Waals surface area contributed by atoms with Crippen LogP contribution in [0, 0.1) is 12.3 Å². The highest BCUT2D eigenvalue weighted by Gasteiger charge is 2.34. The fourth-order valence-electron chi connectivity index (χ4n) is 2.09. The van der Waals surface area contributed by atoms with Gasteiger partial charge in [0.2, 0.25) is 5.91 Å². The summed E-state index contributed by atoms with van der Waals surface area (Å²) in [5.41, 5.74) is 0.771. The molecule has 0 spiro atoms. The predicted molar refractivity (Wildman–Crippen MR) is 66.8 cm³/mol. The van der Waals surface area contributed by atoms with E-state index in [0.717, 1.165) is 31.6 Å². The molecule has 1 saturated heterocycles. The monoisotopic (exact) mass is 236 g/mol. The van der Waals surface area contributed by atoms with Crippen LogP contribution >= 0.6 is 0 Å². The van der Waals surface area contributed by atoms with E-state index in [1.54, 1.807) is 4.68 Å². The fourth-order valence-corrected chi connectivity index (χ4v) is 2.09. The standard InChI is InChI=1S/C12H20N4O/c1-9-8-10(15-16(9)3)14-11(17)12(2)4-6-13-7-5-12/h8,13H,4-7H2,1-3H3,(H,14,15,17). The van der Waals surface area contributed by atoms with Crippen LogP contribution in [0.4, 0.5) is 5.82 Å². The Hall–Kier alpha value is -1.36. The van der Waals surface area contributed by atoms with Crippen molar-refractivity contribution < 1.29 is 4.79 Å². The number of rotatable bonds is 2. The third-order valence-corrected chi connectivity index (χ3v) is 3.61. The Morgan fingerprint density at radius 3 is 2.71 bits per heavy atom. The third kappa shape index (κ3) is 2.49.